The van der Waals surface area contributed by atoms with Gasteiger partial charge in [-0.1, -0.05) is 13.8 Å². The Bertz CT molecular complexity index is 299. The first-order valence-corrected chi connectivity index (χ1v) is 6.96. The van der Waals surface area contributed by atoms with Gasteiger partial charge in [-0.05, 0) is 31.5 Å². The smallest absolute Gasteiger partial charge is 0.0965 e. The van der Waals surface area contributed by atoms with E-state index in [-0.39, 0.29) is 0 Å². The summed E-state index contributed by atoms with van der Waals surface area (Å²) in [6.07, 6.45) is 1.89. The highest BCUT2D eigenvalue weighted by molar-refractivity contribution is 7.09. The normalized spacial score (nSPS) is 27.1. The number of hydrogen-bond donors (Lipinski definition) is 2. The second kappa shape index (κ2) is 5.75. The molecule has 0 aromatic carbocycles. The first kappa shape index (κ1) is 12.0. The summed E-state index contributed by atoms with van der Waals surface area (Å²) in [6.45, 7) is 9.08. The fourth-order valence-corrected chi connectivity index (χ4v) is 2.89. The molecule has 4 heteroatoms. The minimum Gasteiger partial charge on any atom is -0.316 e. The minimum absolute atomic E-state index is 0.532. The summed E-state index contributed by atoms with van der Waals surface area (Å²) >= 11 is 1.75. The maximum Gasteiger partial charge on any atom is 0.0965 e. The van der Waals surface area contributed by atoms with Gasteiger partial charge in [0.15, 0.2) is 0 Å². The summed E-state index contributed by atoms with van der Waals surface area (Å²) in [5.74, 6) is 2.14. The second-order valence-corrected chi connectivity index (χ2v) is 5.75. The highest BCUT2D eigenvalue weighted by atomic mass is 32.1. The van der Waals surface area contributed by atoms with Crippen LogP contribution in [0.1, 0.15) is 24.8 Å². The lowest BCUT2D eigenvalue weighted by molar-refractivity contribution is 0.415. The monoisotopic (exact) mass is 239 g/mol. The van der Waals surface area contributed by atoms with Gasteiger partial charge in [-0.25, -0.2) is 4.98 Å². The van der Waals surface area contributed by atoms with Crippen LogP contribution in [0.25, 0.3) is 0 Å². The van der Waals surface area contributed by atoms with Crippen molar-refractivity contribution in [3.05, 3.63) is 16.6 Å². The quantitative estimate of drug-likeness (QED) is 0.821. The maximum absolute atomic E-state index is 4.35. The number of nitrogens with one attached hydrogen (secondary N) is 2. The topological polar surface area (TPSA) is 37.0 Å². The van der Waals surface area contributed by atoms with Crippen LogP contribution in [0, 0.1) is 11.8 Å². The van der Waals surface area contributed by atoms with Gasteiger partial charge in [0.2, 0.25) is 0 Å². The van der Waals surface area contributed by atoms with E-state index in [4.69, 9.17) is 0 Å². The first-order chi connectivity index (χ1) is 7.77. The third-order valence-electron chi connectivity index (χ3n) is 3.41. The van der Waals surface area contributed by atoms with Gasteiger partial charge in [0, 0.05) is 24.0 Å². The summed E-state index contributed by atoms with van der Waals surface area (Å²) in [6, 6.07) is 0. The van der Waals surface area contributed by atoms with Crippen molar-refractivity contribution in [3.63, 3.8) is 0 Å². The molecule has 2 rings (SSSR count). The molecule has 90 valence electrons. The average Bonchev–Trinajstić information content (AvgIpc) is 2.90. The Morgan fingerprint density at radius 2 is 2.50 bits per heavy atom. The van der Waals surface area contributed by atoms with E-state index in [0.29, 0.717) is 5.92 Å². The Morgan fingerprint density at radius 1 is 1.62 bits per heavy atom. The highest BCUT2D eigenvalue weighted by Gasteiger charge is 2.22. The zero-order valence-electron chi connectivity index (χ0n) is 10.1. The lowest BCUT2D eigenvalue weighted by Gasteiger charge is -2.16. The number of thiazole rings is 1. The molecule has 1 aromatic heterocycles. The number of nitrogens with zero attached hydrogens (tertiary/aromatic N) is 1. The molecule has 1 aromatic rings. The summed E-state index contributed by atoms with van der Waals surface area (Å²) in [5.41, 5.74) is 0. The Hall–Kier alpha value is -0.450. The van der Waals surface area contributed by atoms with Gasteiger partial charge in [0.05, 0.1) is 5.01 Å². The van der Waals surface area contributed by atoms with Crippen molar-refractivity contribution in [1.82, 2.24) is 15.6 Å². The van der Waals surface area contributed by atoms with Crippen LogP contribution >= 0.6 is 11.3 Å². The number of aromatic nitrogens is 1. The fraction of sp³-hybridized carbons (Fsp3) is 0.750. The van der Waals surface area contributed by atoms with Crippen LogP contribution in [-0.2, 0) is 0 Å². The van der Waals surface area contributed by atoms with E-state index in [1.807, 2.05) is 6.20 Å². The molecule has 1 aliphatic heterocycles. The van der Waals surface area contributed by atoms with Crippen LogP contribution in [0.4, 0.5) is 0 Å². The van der Waals surface area contributed by atoms with Crippen molar-refractivity contribution in [1.29, 1.82) is 0 Å². The average molecular weight is 239 g/mol. The van der Waals surface area contributed by atoms with E-state index < -0.39 is 0 Å². The van der Waals surface area contributed by atoms with Crippen LogP contribution in [-0.4, -0.2) is 31.2 Å². The van der Waals surface area contributed by atoms with Crippen molar-refractivity contribution in [2.45, 2.75) is 19.8 Å². The van der Waals surface area contributed by atoms with E-state index in [9.17, 15) is 0 Å². The Balaban J connectivity index is 1.68. The summed E-state index contributed by atoms with van der Waals surface area (Å²) < 4.78 is 0. The zero-order chi connectivity index (χ0) is 11.4. The lowest BCUT2D eigenvalue weighted by Crippen LogP contribution is -2.29. The molecule has 1 saturated heterocycles. The SMILES string of the molecule is CC(CNC[C@@H]1CNC[C@H]1C)c1nccs1. The molecule has 0 bridgehead atoms. The van der Waals surface area contributed by atoms with Gasteiger partial charge in [0.25, 0.3) is 0 Å². The Kier molecular flexibility index (Phi) is 4.32. The van der Waals surface area contributed by atoms with Crippen molar-refractivity contribution >= 4 is 11.3 Å². The van der Waals surface area contributed by atoms with Crippen molar-refractivity contribution < 1.29 is 0 Å². The van der Waals surface area contributed by atoms with Crippen LogP contribution in [0.5, 0.6) is 0 Å². The lowest BCUT2D eigenvalue weighted by atomic mass is 9.98. The molecule has 0 radical (unpaired) electrons. The van der Waals surface area contributed by atoms with Crippen molar-refractivity contribution in [2.75, 3.05) is 26.2 Å². The molecular formula is C12H21N3S. The summed E-state index contributed by atoms with van der Waals surface area (Å²) in [7, 11) is 0. The molecule has 3 nitrogen and oxygen atoms in total. The van der Waals surface area contributed by atoms with Crippen molar-refractivity contribution in [3.8, 4) is 0 Å². The van der Waals surface area contributed by atoms with E-state index in [0.717, 1.165) is 24.9 Å². The Morgan fingerprint density at radius 3 is 3.12 bits per heavy atom. The Labute approximate surface area is 102 Å². The number of rotatable bonds is 5. The molecule has 16 heavy (non-hydrogen) atoms. The van der Waals surface area contributed by atoms with Gasteiger partial charge in [0.1, 0.15) is 0 Å². The molecule has 1 fully saturated rings. The number of hydrogen-bond acceptors (Lipinski definition) is 4. The molecule has 3 atom stereocenters. The molecule has 0 saturated carbocycles. The van der Waals surface area contributed by atoms with Gasteiger partial charge in [-0.3, -0.25) is 0 Å². The molecule has 1 unspecified atom stereocenters. The van der Waals surface area contributed by atoms with Crippen LogP contribution < -0.4 is 10.6 Å². The molecule has 0 aliphatic carbocycles. The van der Waals surface area contributed by atoms with E-state index in [1.165, 1.54) is 18.1 Å². The molecule has 2 heterocycles. The first-order valence-electron chi connectivity index (χ1n) is 6.08. The molecule has 1 aliphatic rings. The minimum atomic E-state index is 0.532. The van der Waals surface area contributed by atoms with Crippen LogP contribution in [0.2, 0.25) is 0 Å². The molecule has 2 N–H and O–H groups in total. The van der Waals surface area contributed by atoms with Crippen LogP contribution in [0.3, 0.4) is 0 Å². The van der Waals surface area contributed by atoms with E-state index >= 15 is 0 Å². The van der Waals surface area contributed by atoms with Crippen molar-refractivity contribution in [2.24, 2.45) is 11.8 Å². The summed E-state index contributed by atoms with van der Waals surface area (Å²) in [4.78, 5) is 4.35. The van der Waals surface area contributed by atoms with Gasteiger partial charge < -0.3 is 10.6 Å². The molecular weight excluding hydrogens is 218 g/mol. The standard InChI is InChI=1S/C12H21N3S/c1-9-5-13-7-11(9)8-14-6-10(2)12-15-3-4-16-12/h3-4,9-11,13-14H,5-8H2,1-2H3/t9-,10?,11+/m1/s1. The predicted molar refractivity (Wildman–Crippen MR) is 68.9 cm³/mol. The maximum atomic E-state index is 4.35. The zero-order valence-corrected chi connectivity index (χ0v) is 10.9. The molecule has 0 spiro atoms. The van der Waals surface area contributed by atoms with Gasteiger partial charge in [-0.2, -0.15) is 0 Å². The predicted octanol–water partition coefficient (Wildman–Crippen LogP) is 1.69. The van der Waals surface area contributed by atoms with E-state index in [2.05, 4.69) is 34.8 Å². The highest BCUT2D eigenvalue weighted by Crippen LogP contribution is 2.17. The fourth-order valence-electron chi connectivity index (χ4n) is 2.19. The largest absolute Gasteiger partial charge is 0.316 e. The van der Waals surface area contributed by atoms with Crippen LogP contribution in [0.15, 0.2) is 11.6 Å². The third-order valence-corrected chi connectivity index (χ3v) is 4.41. The van der Waals surface area contributed by atoms with Gasteiger partial charge >= 0.3 is 0 Å². The summed E-state index contributed by atoms with van der Waals surface area (Å²) in [5, 5.41) is 10.3. The van der Waals surface area contributed by atoms with Gasteiger partial charge in [-0.15, -0.1) is 11.3 Å². The molecule has 0 amide bonds. The van der Waals surface area contributed by atoms with E-state index in [1.54, 1.807) is 11.3 Å². The second-order valence-electron chi connectivity index (χ2n) is 4.83. The third kappa shape index (κ3) is 3.03.